The topological polar surface area (TPSA) is 109 Å². The lowest BCUT2D eigenvalue weighted by Crippen LogP contribution is -2.55. The molecule has 42 heavy (non-hydrogen) atoms. The number of nitrogens with one attached hydrogen (secondary N) is 1. The lowest BCUT2D eigenvalue weighted by molar-refractivity contribution is -0.159. The quantitative estimate of drug-likeness (QED) is 0.424. The highest BCUT2D eigenvalue weighted by Crippen LogP contribution is 2.43. The van der Waals surface area contributed by atoms with Crippen LogP contribution < -0.4 is 11.1 Å². The van der Waals surface area contributed by atoms with Gasteiger partial charge >= 0.3 is 0 Å². The maximum absolute atomic E-state index is 15.2. The van der Waals surface area contributed by atoms with Crippen molar-refractivity contribution in [3.63, 3.8) is 0 Å². The normalized spacial score (nSPS) is 23.5. The van der Waals surface area contributed by atoms with Gasteiger partial charge in [-0.2, -0.15) is 5.10 Å². The number of nitrogen functional groups attached to an aromatic ring is 1. The van der Waals surface area contributed by atoms with Crippen LogP contribution in [0.25, 0.3) is 16.8 Å². The maximum atomic E-state index is 15.2. The second-order valence-electron chi connectivity index (χ2n) is 11.4. The van der Waals surface area contributed by atoms with Crippen molar-refractivity contribution in [3.8, 4) is 11.3 Å². The van der Waals surface area contributed by atoms with Gasteiger partial charge in [-0.3, -0.25) is 14.5 Å². The summed E-state index contributed by atoms with van der Waals surface area (Å²) >= 11 is 0. The molecule has 3 fully saturated rings. The van der Waals surface area contributed by atoms with Gasteiger partial charge in [0.1, 0.15) is 23.8 Å². The first-order chi connectivity index (χ1) is 19.7. The average molecular weight is 596 g/mol. The third-order valence-corrected chi connectivity index (χ3v) is 8.17. The number of amides is 2. The smallest absolute Gasteiger partial charge is 0.272 e. The van der Waals surface area contributed by atoms with E-state index in [-0.39, 0.29) is 42.1 Å². The fourth-order valence-electron chi connectivity index (χ4n) is 5.91. The summed E-state index contributed by atoms with van der Waals surface area (Å²) in [5, 5.41) is 6.72. The zero-order chi connectivity index (χ0) is 30.1. The number of nitrogens with zero attached hydrogens (tertiary/aromatic N) is 5. The second-order valence-corrected chi connectivity index (χ2v) is 11.4. The summed E-state index contributed by atoms with van der Waals surface area (Å²) in [6, 6.07) is 3.09. The van der Waals surface area contributed by atoms with Crippen molar-refractivity contribution in [3.05, 3.63) is 47.0 Å². The van der Waals surface area contributed by atoms with Crippen molar-refractivity contribution in [2.45, 2.75) is 50.4 Å². The molecular weight excluding hydrogens is 568 g/mol. The van der Waals surface area contributed by atoms with E-state index in [1.807, 2.05) is 0 Å². The van der Waals surface area contributed by atoms with Gasteiger partial charge < -0.3 is 16.0 Å². The summed E-state index contributed by atoms with van der Waals surface area (Å²) in [6.07, 6.45) is -1.62. The largest absolute Gasteiger partial charge is 0.382 e. The number of benzene rings is 1. The monoisotopic (exact) mass is 595 g/mol. The molecule has 15 heteroatoms. The van der Waals surface area contributed by atoms with Crippen molar-refractivity contribution in [1.29, 1.82) is 0 Å². The zero-order valence-electron chi connectivity index (χ0n) is 22.4. The molecule has 2 atom stereocenters. The van der Waals surface area contributed by atoms with Crippen LogP contribution in [0.3, 0.4) is 0 Å². The first kappa shape index (κ1) is 28.2. The second kappa shape index (κ2) is 9.85. The van der Waals surface area contributed by atoms with E-state index >= 15 is 4.39 Å². The van der Waals surface area contributed by atoms with E-state index in [9.17, 15) is 31.5 Å². The molecule has 2 aliphatic heterocycles. The minimum absolute atomic E-state index is 0.00711. The molecule has 0 bridgehead atoms. The Kier molecular flexibility index (Phi) is 6.62. The van der Waals surface area contributed by atoms with E-state index in [2.05, 4.69) is 15.4 Å². The van der Waals surface area contributed by atoms with Crippen molar-refractivity contribution in [1.82, 2.24) is 29.7 Å². The SMILES string of the molecule is Cc1c(F)cc(-c2cc(CN3CC(F)(F)C3)c3c(N)ncnn23)cc1C(=O)NC1CN(C(=O)C2CC(F)(F)C2)CC1F. The Bertz CT molecular complexity index is 1580. The number of likely N-dealkylation sites (tertiary alicyclic amines) is 2. The summed E-state index contributed by atoms with van der Waals surface area (Å²) in [5.41, 5.74) is 7.41. The summed E-state index contributed by atoms with van der Waals surface area (Å²) in [4.78, 5) is 32.4. The van der Waals surface area contributed by atoms with Crippen LogP contribution in [-0.4, -0.2) is 86.4 Å². The number of carbonyl (C=O) groups is 2. The van der Waals surface area contributed by atoms with Gasteiger partial charge in [0, 0.05) is 43.0 Å². The summed E-state index contributed by atoms with van der Waals surface area (Å²) in [7, 11) is 0. The number of hydrogen-bond acceptors (Lipinski definition) is 6. The van der Waals surface area contributed by atoms with Gasteiger partial charge in [0.25, 0.3) is 11.8 Å². The first-order valence-electron chi connectivity index (χ1n) is 13.3. The molecule has 1 saturated carbocycles. The molecule has 3 aromatic rings. The molecule has 0 spiro atoms. The van der Waals surface area contributed by atoms with E-state index in [1.165, 1.54) is 34.8 Å². The number of hydrogen-bond donors (Lipinski definition) is 2. The van der Waals surface area contributed by atoms with Gasteiger partial charge in [-0.05, 0) is 36.2 Å². The van der Waals surface area contributed by atoms with Gasteiger partial charge in [0.2, 0.25) is 11.8 Å². The molecule has 3 N–H and O–H groups in total. The Morgan fingerprint density at radius 3 is 2.48 bits per heavy atom. The molecule has 3 aliphatic rings. The van der Waals surface area contributed by atoms with Crippen molar-refractivity contribution >= 4 is 23.1 Å². The van der Waals surface area contributed by atoms with Crippen LogP contribution >= 0.6 is 0 Å². The number of anilines is 1. The highest BCUT2D eigenvalue weighted by atomic mass is 19.3. The van der Waals surface area contributed by atoms with Crippen molar-refractivity contribution < 1.29 is 35.9 Å². The fraction of sp³-hybridized carbons (Fsp3) is 0.481. The predicted molar refractivity (Wildman–Crippen MR) is 138 cm³/mol. The van der Waals surface area contributed by atoms with Crippen molar-refractivity contribution in [2.24, 2.45) is 5.92 Å². The molecule has 224 valence electrons. The third-order valence-electron chi connectivity index (χ3n) is 8.17. The molecule has 2 aromatic heterocycles. The zero-order valence-corrected chi connectivity index (χ0v) is 22.4. The Labute approximate surface area is 235 Å². The molecule has 1 aromatic carbocycles. The molecule has 4 heterocycles. The lowest BCUT2D eigenvalue weighted by Gasteiger charge is -2.38. The van der Waals surface area contributed by atoms with Crippen LogP contribution in [0.4, 0.5) is 32.2 Å². The van der Waals surface area contributed by atoms with Gasteiger partial charge in [-0.25, -0.2) is 35.8 Å². The van der Waals surface area contributed by atoms with Crippen LogP contribution in [0.15, 0.2) is 24.5 Å². The standard InChI is InChI=1S/C27H27F6N7O2/c1-13-17(24(41)37-20-9-39(8-19(20)29)25(42)16-5-26(30,31)6-16)2-14(3-18(13)28)21-4-15(7-38-10-27(32,33)11-38)22-23(34)35-12-36-40(21)22/h2-4,12,16,19-20H,5-11H2,1H3,(H,37,41)(H2,34,35,36). The number of rotatable bonds is 6. The highest BCUT2D eigenvalue weighted by molar-refractivity contribution is 5.97. The first-order valence-corrected chi connectivity index (χ1v) is 13.3. The Balaban J connectivity index is 1.24. The number of alkyl halides is 5. The highest BCUT2D eigenvalue weighted by Gasteiger charge is 2.51. The Morgan fingerprint density at radius 1 is 1.10 bits per heavy atom. The maximum Gasteiger partial charge on any atom is 0.272 e. The minimum atomic E-state index is -2.90. The number of aromatic nitrogens is 3. The molecule has 1 aliphatic carbocycles. The molecular formula is C27H27F6N7O2. The van der Waals surface area contributed by atoms with Crippen LogP contribution in [0.1, 0.15) is 34.3 Å². The van der Waals surface area contributed by atoms with E-state index in [0.717, 1.165) is 4.90 Å². The van der Waals surface area contributed by atoms with Gasteiger partial charge in [-0.1, -0.05) is 0 Å². The molecule has 2 unspecified atom stereocenters. The fourth-order valence-corrected chi connectivity index (χ4v) is 5.91. The van der Waals surface area contributed by atoms with Crippen LogP contribution in [0.5, 0.6) is 0 Å². The third kappa shape index (κ3) is 5.03. The van der Waals surface area contributed by atoms with E-state index in [0.29, 0.717) is 16.8 Å². The number of halogens is 6. The summed E-state index contributed by atoms with van der Waals surface area (Å²) < 4.78 is 84.6. The van der Waals surface area contributed by atoms with E-state index in [4.69, 9.17) is 5.73 Å². The number of carbonyl (C=O) groups excluding carboxylic acids is 2. The predicted octanol–water partition coefficient (Wildman–Crippen LogP) is 3.20. The lowest BCUT2D eigenvalue weighted by atomic mass is 9.80. The summed E-state index contributed by atoms with van der Waals surface area (Å²) in [6.45, 7) is 0.0999. The van der Waals surface area contributed by atoms with Crippen molar-refractivity contribution in [2.75, 3.05) is 31.9 Å². The Hall–Kier alpha value is -3.88. The van der Waals surface area contributed by atoms with Crippen LogP contribution in [0.2, 0.25) is 0 Å². The number of fused-ring (bicyclic) bond motifs is 1. The minimum Gasteiger partial charge on any atom is -0.382 e. The van der Waals surface area contributed by atoms with Crippen LogP contribution in [0, 0.1) is 18.7 Å². The average Bonchev–Trinajstić information content (AvgIpc) is 3.43. The molecule has 6 rings (SSSR count). The molecule has 9 nitrogen and oxygen atoms in total. The van der Waals surface area contributed by atoms with E-state index < -0.39 is 73.5 Å². The summed E-state index contributed by atoms with van der Waals surface area (Å²) in [5.74, 6) is -8.58. The Morgan fingerprint density at radius 2 is 1.81 bits per heavy atom. The number of nitrogens with two attached hydrogens (primary N) is 1. The molecule has 2 amide bonds. The molecule has 2 saturated heterocycles. The van der Waals surface area contributed by atoms with Gasteiger partial charge in [0.15, 0.2) is 5.82 Å². The molecule has 0 radical (unpaired) electrons. The van der Waals surface area contributed by atoms with Gasteiger partial charge in [0.05, 0.1) is 31.4 Å². The van der Waals surface area contributed by atoms with Gasteiger partial charge in [-0.15, -0.1) is 0 Å². The van der Waals surface area contributed by atoms with E-state index in [1.54, 1.807) is 6.07 Å². The van der Waals surface area contributed by atoms with Crippen LogP contribution in [-0.2, 0) is 11.3 Å².